The number of benzene rings is 1. The lowest BCUT2D eigenvalue weighted by Crippen LogP contribution is -2.47. The number of halogens is 1. The van der Waals surface area contributed by atoms with Gasteiger partial charge in [-0.05, 0) is 31.4 Å². The molecular weight excluding hydrogens is 331 g/mol. The van der Waals surface area contributed by atoms with Crippen molar-refractivity contribution in [2.24, 2.45) is 5.92 Å². The first-order valence-electron chi connectivity index (χ1n) is 9.18. The summed E-state index contributed by atoms with van der Waals surface area (Å²) >= 11 is 0. The summed E-state index contributed by atoms with van der Waals surface area (Å²) in [6.07, 6.45) is 1.41. The molecule has 1 aromatic carbocycles. The molecule has 0 spiro atoms. The molecule has 0 N–H and O–H groups in total. The molecule has 1 atom stereocenters. The van der Waals surface area contributed by atoms with Gasteiger partial charge in [-0.25, -0.2) is 14.4 Å². The lowest BCUT2D eigenvalue weighted by molar-refractivity contribution is 0.0951. The number of hydrogen-bond acceptors (Lipinski definition) is 5. The van der Waals surface area contributed by atoms with Crippen molar-refractivity contribution >= 4 is 17.4 Å². The summed E-state index contributed by atoms with van der Waals surface area (Å²) in [7, 11) is 0. The van der Waals surface area contributed by atoms with Crippen molar-refractivity contribution in [3.63, 3.8) is 0 Å². The van der Waals surface area contributed by atoms with E-state index in [1.165, 1.54) is 6.07 Å². The van der Waals surface area contributed by atoms with Crippen molar-refractivity contribution in [1.29, 1.82) is 0 Å². The number of hydrogen-bond donors (Lipinski definition) is 0. The number of aryl methyl sites for hydroxylation is 1. The van der Waals surface area contributed by atoms with Crippen molar-refractivity contribution in [3.8, 4) is 0 Å². The fourth-order valence-corrected chi connectivity index (χ4v) is 3.94. The number of nitrogens with zero attached hydrogens (tertiary/aromatic N) is 4. The Morgan fingerprint density at radius 3 is 2.46 bits per heavy atom. The maximum atomic E-state index is 14.0. The molecule has 1 aliphatic heterocycles. The Labute approximate surface area is 152 Å². The zero-order valence-electron chi connectivity index (χ0n) is 15.2. The first-order chi connectivity index (χ1) is 12.5. The molecule has 1 unspecified atom stereocenters. The summed E-state index contributed by atoms with van der Waals surface area (Å²) in [6.45, 7) is 6.89. The van der Waals surface area contributed by atoms with E-state index >= 15 is 0 Å². The average Bonchev–Trinajstić information content (AvgIpc) is 2.61. The predicted octanol–water partition coefficient (Wildman–Crippen LogP) is 3.02. The van der Waals surface area contributed by atoms with Crippen LogP contribution in [0.5, 0.6) is 0 Å². The maximum absolute atomic E-state index is 14.0. The molecule has 2 aliphatic rings. The number of carbonyl (C=O) groups excluding carboxylic acids is 1. The van der Waals surface area contributed by atoms with Crippen molar-refractivity contribution < 1.29 is 9.18 Å². The zero-order chi connectivity index (χ0) is 18.3. The van der Waals surface area contributed by atoms with Crippen LogP contribution in [-0.2, 0) is 6.42 Å². The normalized spacial score (nSPS) is 20.3. The Hall–Kier alpha value is -2.50. The molecule has 0 radical (unpaired) electrons. The van der Waals surface area contributed by atoms with Gasteiger partial charge in [0.05, 0.1) is 22.6 Å². The monoisotopic (exact) mass is 354 g/mol. The van der Waals surface area contributed by atoms with Crippen LogP contribution in [0.1, 0.15) is 35.1 Å². The first-order valence-corrected chi connectivity index (χ1v) is 9.18. The van der Waals surface area contributed by atoms with Gasteiger partial charge in [0.2, 0.25) is 5.95 Å². The highest BCUT2D eigenvalue weighted by atomic mass is 19.1. The number of rotatable bonds is 2. The minimum absolute atomic E-state index is 0.159. The molecule has 26 heavy (non-hydrogen) atoms. The molecule has 1 saturated heterocycles. The van der Waals surface area contributed by atoms with E-state index in [-0.39, 0.29) is 11.6 Å². The number of anilines is 2. The van der Waals surface area contributed by atoms with Gasteiger partial charge in [0.1, 0.15) is 5.82 Å². The lowest BCUT2D eigenvalue weighted by Gasteiger charge is -2.36. The number of carbonyl (C=O) groups is 1. The van der Waals surface area contributed by atoms with E-state index in [0.717, 1.165) is 49.6 Å². The summed E-state index contributed by atoms with van der Waals surface area (Å²) in [5.74, 6) is 0.993. The van der Waals surface area contributed by atoms with Gasteiger partial charge in [0.15, 0.2) is 5.78 Å². The molecule has 1 aromatic heterocycles. The molecule has 1 fully saturated rings. The Bertz CT molecular complexity index is 846. The van der Waals surface area contributed by atoms with E-state index in [0.29, 0.717) is 24.0 Å². The van der Waals surface area contributed by atoms with E-state index in [1.54, 1.807) is 6.07 Å². The van der Waals surface area contributed by atoms with Gasteiger partial charge in [-0.3, -0.25) is 4.79 Å². The van der Waals surface area contributed by atoms with E-state index in [2.05, 4.69) is 21.7 Å². The van der Waals surface area contributed by atoms with E-state index in [4.69, 9.17) is 4.98 Å². The highest BCUT2D eigenvalue weighted by Gasteiger charge is 2.28. The van der Waals surface area contributed by atoms with Crippen molar-refractivity contribution in [1.82, 2.24) is 9.97 Å². The zero-order valence-corrected chi connectivity index (χ0v) is 15.2. The highest BCUT2D eigenvalue weighted by molar-refractivity contribution is 5.99. The number of para-hydroxylation sites is 1. The first kappa shape index (κ1) is 16.9. The molecule has 2 aromatic rings. The summed E-state index contributed by atoms with van der Waals surface area (Å²) in [6, 6.07) is 6.88. The number of aromatic nitrogens is 2. The summed E-state index contributed by atoms with van der Waals surface area (Å²) in [4.78, 5) is 25.8. The molecule has 6 heteroatoms. The maximum Gasteiger partial charge on any atom is 0.225 e. The standard InChI is InChI=1S/C20H23FN4O/c1-13-11-16-19(18(26)12-13)14(2)22-20(23-16)25-9-7-24(8-10-25)17-6-4-3-5-15(17)21/h3-6,13H,7-12H2,1-2H3. The van der Waals surface area contributed by atoms with Gasteiger partial charge in [0, 0.05) is 32.6 Å². The summed E-state index contributed by atoms with van der Waals surface area (Å²) in [5, 5.41) is 0. The fourth-order valence-electron chi connectivity index (χ4n) is 3.94. The Morgan fingerprint density at radius 2 is 1.73 bits per heavy atom. The predicted molar refractivity (Wildman–Crippen MR) is 99.4 cm³/mol. The van der Waals surface area contributed by atoms with Gasteiger partial charge < -0.3 is 9.80 Å². The number of fused-ring (bicyclic) bond motifs is 1. The largest absolute Gasteiger partial charge is 0.366 e. The van der Waals surface area contributed by atoms with Crippen molar-refractivity contribution in [2.75, 3.05) is 36.0 Å². The topological polar surface area (TPSA) is 49.3 Å². The van der Waals surface area contributed by atoms with Gasteiger partial charge in [0.25, 0.3) is 0 Å². The number of ketones is 1. The van der Waals surface area contributed by atoms with Gasteiger partial charge >= 0.3 is 0 Å². The van der Waals surface area contributed by atoms with Crippen LogP contribution in [0.2, 0.25) is 0 Å². The minimum atomic E-state index is -0.186. The van der Waals surface area contributed by atoms with Crippen LogP contribution in [0.25, 0.3) is 0 Å². The van der Waals surface area contributed by atoms with Gasteiger partial charge in [-0.15, -0.1) is 0 Å². The van der Waals surface area contributed by atoms with E-state index < -0.39 is 0 Å². The molecule has 0 bridgehead atoms. The quantitative estimate of drug-likeness (QED) is 0.830. The third-order valence-corrected chi connectivity index (χ3v) is 5.26. The van der Waals surface area contributed by atoms with Crippen LogP contribution >= 0.6 is 0 Å². The summed E-state index contributed by atoms with van der Waals surface area (Å²) in [5.41, 5.74) is 3.03. The van der Waals surface area contributed by atoms with E-state index in [1.807, 2.05) is 19.1 Å². The average molecular weight is 354 g/mol. The highest BCUT2D eigenvalue weighted by Crippen LogP contribution is 2.28. The van der Waals surface area contributed by atoms with E-state index in [9.17, 15) is 9.18 Å². The number of piperazine rings is 1. The molecule has 1 aliphatic carbocycles. The Kier molecular flexibility index (Phi) is 4.34. The second kappa shape index (κ2) is 6.67. The lowest BCUT2D eigenvalue weighted by atomic mass is 9.86. The Balaban J connectivity index is 1.53. The third-order valence-electron chi connectivity index (χ3n) is 5.26. The molecular formula is C20H23FN4O. The van der Waals surface area contributed by atoms with Crippen LogP contribution in [0.4, 0.5) is 16.0 Å². The third kappa shape index (κ3) is 3.04. The molecule has 0 amide bonds. The molecule has 4 rings (SSSR count). The van der Waals surface area contributed by atoms with Crippen LogP contribution in [0, 0.1) is 18.7 Å². The molecule has 2 heterocycles. The summed E-state index contributed by atoms with van der Waals surface area (Å²) < 4.78 is 14.0. The van der Waals surface area contributed by atoms with Gasteiger partial charge in [-0.1, -0.05) is 19.1 Å². The van der Waals surface area contributed by atoms with Crippen LogP contribution in [0.15, 0.2) is 24.3 Å². The SMILES string of the molecule is Cc1nc(N2CCN(c3ccccc3F)CC2)nc2c1C(=O)CC(C)C2. The Morgan fingerprint density at radius 1 is 1.04 bits per heavy atom. The van der Waals surface area contributed by atoms with Crippen molar-refractivity contribution in [2.45, 2.75) is 26.7 Å². The minimum Gasteiger partial charge on any atom is -0.366 e. The molecule has 136 valence electrons. The second-order valence-corrected chi connectivity index (χ2v) is 7.29. The molecule has 0 saturated carbocycles. The number of Topliss-reactive ketones (excluding diaryl/α,β-unsaturated/α-hetero) is 1. The smallest absolute Gasteiger partial charge is 0.225 e. The molecule has 5 nitrogen and oxygen atoms in total. The van der Waals surface area contributed by atoms with Crippen LogP contribution in [-0.4, -0.2) is 41.9 Å². The van der Waals surface area contributed by atoms with Crippen LogP contribution in [0.3, 0.4) is 0 Å². The van der Waals surface area contributed by atoms with Crippen LogP contribution < -0.4 is 9.80 Å². The fraction of sp³-hybridized carbons (Fsp3) is 0.450. The van der Waals surface area contributed by atoms with Crippen molar-refractivity contribution in [3.05, 3.63) is 47.0 Å². The second-order valence-electron chi connectivity index (χ2n) is 7.29. The van der Waals surface area contributed by atoms with Gasteiger partial charge in [-0.2, -0.15) is 0 Å².